The van der Waals surface area contributed by atoms with Crippen LogP contribution in [0, 0.1) is 5.92 Å². The van der Waals surface area contributed by atoms with Gasteiger partial charge < -0.3 is 10.4 Å². The summed E-state index contributed by atoms with van der Waals surface area (Å²) in [6.45, 7) is 5.03. The second-order valence-electron chi connectivity index (χ2n) is 4.65. The molecule has 0 radical (unpaired) electrons. The molecule has 0 aliphatic carbocycles. The first-order chi connectivity index (χ1) is 8.59. The lowest BCUT2D eigenvalue weighted by Gasteiger charge is -2.11. The van der Waals surface area contributed by atoms with E-state index in [1.807, 2.05) is 18.2 Å². The first-order valence-corrected chi connectivity index (χ1v) is 5.94. The maximum absolute atomic E-state index is 11.1. The van der Waals surface area contributed by atoms with Crippen LogP contribution in [-0.4, -0.2) is 22.6 Å². The zero-order chi connectivity index (χ0) is 13.1. The number of nitrogens with one attached hydrogen (secondary N) is 1. The van der Waals surface area contributed by atoms with Crippen LogP contribution in [0.25, 0.3) is 10.8 Å². The number of benzene rings is 1. The molecule has 18 heavy (non-hydrogen) atoms. The van der Waals surface area contributed by atoms with E-state index in [2.05, 4.69) is 24.1 Å². The van der Waals surface area contributed by atoms with Crippen LogP contribution in [0.15, 0.2) is 30.5 Å². The predicted molar refractivity (Wildman–Crippen MR) is 72.0 cm³/mol. The minimum atomic E-state index is -0.950. The highest BCUT2D eigenvalue weighted by atomic mass is 16.4. The number of carbonyl (C=O) groups is 1. The van der Waals surface area contributed by atoms with E-state index in [1.54, 1.807) is 6.07 Å². The van der Waals surface area contributed by atoms with Crippen molar-refractivity contribution in [3.05, 3.63) is 36.0 Å². The summed E-state index contributed by atoms with van der Waals surface area (Å²) < 4.78 is 0. The maximum Gasteiger partial charge on any atom is 0.337 e. The van der Waals surface area contributed by atoms with Crippen LogP contribution in [-0.2, 0) is 0 Å². The summed E-state index contributed by atoms with van der Waals surface area (Å²) in [5.74, 6) is 0.295. The van der Waals surface area contributed by atoms with Gasteiger partial charge in [0, 0.05) is 23.5 Å². The van der Waals surface area contributed by atoms with E-state index in [0.29, 0.717) is 11.3 Å². The van der Waals surface area contributed by atoms with Crippen molar-refractivity contribution in [2.45, 2.75) is 13.8 Å². The lowest BCUT2D eigenvalue weighted by atomic mass is 10.1. The van der Waals surface area contributed by atoms with Crippen LogP contribution >= 0.6 is 0 Å². The van der Waals surface area contributed by atoms with Crippen molar-refractivity contribution in [3.63, 3.8) is 0 Å². The fourth-order valence-electron chi connectivity index (χ4n) is 1.80. The van der Waals surface area contributed by atoms with Gasteiger partial charge in [-0.2, -0.15) is 0 Å². The lowest BCUT2D eigenvalue weighted by Crippen LogP contribution is -2.10. The molecule has 0 unspecified atom stereocenters. The average Bonchev–Trinajstić information content (AvgIpc) is 2.35. The first-order valence-electron chi connectivity index (χ1n) is 5.94. The molecule has 0 saturated carbocycles. The van der Waals surface area contributed by atoms with Crippen LogP contribution in [0.4, 0.5) is 5.82 Å². The summed E-state index contributed by atoms with van der Waals surface area (Å²) in [4.78, 5) is 15.3. The molecule has 0 aliphatic heterocycles. The van der Waals surface area contributed by atoms with E-state index in [1.165, 1.54) is 6.20 Å². The van der Waals surface area contributed by atoms with Crippen molar-refractivity contribution in [2.24, 2.45) is 5.92 Å². The van der Waals surface area contributed by atoms with Crippen molar-refractivity contribution < 1.29 is 9.90 Å². The molecule has 1 aromatic heterocycles. The van der Waals surface area contributed by atoms with Crippen molar-refractivity contribution in [2.75, 3.05) is 11.9 Å². The molecule has 0 amide bonds. The molecule has 1 aromatic carbocycles. The zero-order valence-corrected chi connectivity index (χ0v) is 10.5. The summed E-state index contributed by atoms with van der Waals surface area (Å²) in [6.07, 6.45) is 1.41. The minimum absolute atomic E-state index is 0.237. The lowest BCUT2D eigenvalue weighted by molar-refractivity contribution is 0.0698. The van der Waals surface area contributed by atoms with Gasteiger partial charge in [-0.3, -0.25) is 0 Å². The zero-order valence-electron chi connectivity index (χ0n) is 10.5. The van der Waals surface area contributed by atoms with E-state index >= 15 is 0 Å². The molecule has 0 fully saturated rings. The van der Waals surface area contributed by atoms with Gasteiger partial charge in [-0.25, -0.2) is 9.78 Å². The maximum atomic E-state index is 11.1. The number of rotatable bonds is 4. The SMILES string of the molecule is CC(C)CNc1ncc(C(=O)O)c2ccccc12. The number of carboxylic acid groups (broad SMARTS) is 1. The van der Waals surface area contributed by atoms with E-state index in [-0.39, 0.29) is 5.56 Å². The average molecular weight is 244 g/mol. The number of carboxylic acids is 1. The molecule has 0 aliphatic rings. The number of aromatic carboxylic acids is 1. The topological polar surface area (TPSA) is 62.2 Å². The van der Waals surface area contributed by atoms with E-state index < -0.39 is 5.97 Å². The molecule has 94 valence electrons. The number of hydrogen-bond donors (Lipinski definition) is 2. The summed E-state index contributed by atoms with van der Waals surface area (Å²) in [5, 5.41) is 13.9. The standard InChI is InChI=1S/C14H16N2O2/c1-9(2)7-15-13-11-6-4-3-5-10(11)12(8-16-13)14(17)18/h3-6,8-9H,7H2,1-2H3,(H,15,16)(H,17,18). The highest BCUT2D eigenvalue weighted by Crippen LogP contribution is 2.24. The molecule has 1 heterocycles. The van der Waals surface area contributed by atoms with Crippen LogP contribution in [0.3, 0.4) is 0 Å². The van der Waals surface area contributed by atoms with Crippen molar-refractivity contribution in [1.29, 1.82) is 0 Å². The Hall–Kier alpha value is -2.10. The van der Waals surface area contributed by atoms with Crippen LogP contribution in [0.1, 0.15) is 24.2 Å². The third-order valence-electron chi connectivity index (χ3n) is 2.70. The third kappa shape index (κ3) is 2.42. The predicted octanol–water partition coefficient (Wildman–Crippen LogP) is 3.00. The Kier molecular flexibility index (Phi) is 3.46. The fourth-order valence-corrected chi connectivity index (χ4v) is 1.80. The Morgan fingerprint density at radius 1 is 1.33 bits per heavy atom. The van der Waals surface area contributed by atoms with Gasteiger partial charge in [-0.05, 0) is 5.92 Å². The first kappa shape index (κ1) is 12.4. The summed E-state index contributed by atoms with van der Waals surface area (Å²) in [6, 6.07) is 7.41. The smallest absolute Gasteiger partial charge is 0.337 e. The molecule has 2 aromatic rings. The molecule has 0 bridgehead atoms. The van der Waals surface area contributed by atoms with Gasteiger partial charge in [0.05, 0.1) is 5.56 Å². The fraction of sp³-hybridized carbons (Fsp3) is 0.286. The van der Waals surface area contributed by atoms with Crippen molar-refractivity contribution in [1.82, 2.24) is 4.98 Å². The molecule has 4 heteroatoms. The quantitative estimate of drug-likeness (QED) is 0.867. The molecule has 2 N–H and O–H groups in total. The Morgan fingerprint density at radius 2 is 2.00 bits per heavy atom. The molecular formula is C14H16N2O2. The summed E-state index contributed by atoms with van der Waals surface area (Å²) in [7, 11) is 0. The van der Waals surface area contributed by atoms with Crippen LogP contribution in [0.2, 0.25) is 0 Å². The Labute approximate surface area is 106 Å². The van der Waals surface area contributed by atoms with Crippen LogP contribution in [0.5, 0.6) is 0 Å². The van der Waals surface area contributed by atoms with Gasteiger partial charge in [0.2, 0.25) is 0 Å². The monoisotopic (exact) mass is 244 g/mol. The van der Waals surface area contributed by atoms with Gasteiger partial charge in [-0.15, -0.1) is 0 Å². The summed E-state index contributed by atoms with van der Waals surface area (Å²) in [5.41, 5.74) is 0.237. The van der Waals surface area contributed by atoms with Gasteiger partial charge in [-0.1, -0.05) is 38.1 Å². The largest absolute Gasteiger partial charge is 0.478 e. The molecule has 2 rings (SSSR count). The van der Waals surface area contributed by atoms with E-state index in [9.17, 15) is 4.79 Å². The molecular weight excluding hydrogens is 228 g/mol. The van der Waals surface area contributed by atoms with Gasteiger partial charge in [0.25, 0.3) is 0 Å². The highest BCUT2D eigenvalue weighted by molar-refractivity contribution is 6.06. The number of fused-ring (bicyclic) bond motifs is 1. The van der Waals surface area contributed by atoms with Gasteiger partial charge in [0.15, 0.2) is 0 Å². The van der Waals surface area contributed by atoms with E-state index in [0.717, 1.165) is 17.7 Å². The number of hydrogen-bond acceptors (Lipinski definition) is 3. The molecule has 0 spiro atoms. The molecule has 0 saturated heterocycles. The third-order valence-corrected chi connectivity index (χ3v) is 2.70. The van der Waals surface area contributed by atoms with Gasteiger partial charge >= 0.3 is 5.97 Å². The highest BCUT2D eigenvalue weighted by Gasteiger charge is 2.11. The number of aromatic nitrogens is 1. The normalized spacial score (nSPS) is 10.8. The van der Waals surface area contributed by atoms with E-state index in [4.69, 9.17) is 5.11 Å². The summed E-state index contributed by atoms with van der Waals surface area (Å²) >= 11 is 0. The Balaban J connectivity index is 2.50. The van der Waals surface area contributed by atoms with Gasteiger partial charge in [0.1, 0.15) is 5.82 Å². The molecule has 4 nitrogen and oxygen atoms in total. The Morgan fingerprint density at radius 3 is 2.61 bits per heavy atom. The number of anilines is 1. The minimum Gasteiger partial charge on any atom is -0.478 e. The van der Waals surface area contributed by atoms with Crippen LogP contribution < -0.4 is 5.32 Å². The number of pyridine rings is 1. The second-order valence-corrected chi connectivity index (χ2v) is 4.65. The number of nitrogens with zero attached hydrogens (tertiary/aromatic N) is 1. The van der Waals surface area contributed by atoms with Crippen molar-refractivity contribution >= 4 is 22.6 Å². The Bertz CT molecular complexity index is 579. The molecule has 0 atom stereocenters. The second kappa shape index (κ2) is 5.04. The van der Waals surface area contributed by atoms with Crippen molar-refractivity contribution in [3.8, 4) is 0 Å².